The van der Waals surface area contributed by atoms with Gasteiger partial charge in [-0.2, -0.15) is 22.6 Å². The molecule has 2 aliphatic heterocycles. The van der Waals surface area contributed by atoms with E-state index in [0.717, 1.165) is 17.2 Å². The van der Waals surface area contributed by atoms with Crippen LogP contribution in [0.3, 0.4) is 0 Å². The molecule has 0 saturated carbocycles. The highest BCUT2D eigenvalue weighted by Gasteiger charge is 2.44. The van der Waals surface area contributed by atoms with Gasteiger partial charge in [0.25, 0.3) is 0 Å². The third-order valence-electron chi connectivity index (χ3n) is 5.17. The zero-order chi connectivity index (χ0) is 21.5. The number of hydrogen-bond acceptors (Lipinski definition) is 5. The molecule has 4 rings (SSSR count). The average Bonchev–Trinajstić information content (AvgIpc) is 2.72. The quantitative estimate of drug-likeness (QED) is 0.605. The molecule has 1 aromatic carbocycles. The maximum Gasteiger partial charge on any atom is 0.416 e. The van der Waals surface area contributed by atoms with Gasteiger partial charge in [-0.3, -0.25) is 4.79 Å². The highest BCUT2D eigenvalue weighted by Crippen LogP contribution is 2.38. The molecule has 2 aliphatic rings. The second kappa shape index (κ2) is 7.66. The molecule has 0 spiro atoms. The molecule has 9 heteroatoms. The van der Waals surface area contributed by atoms with Gasteiger partial charge in [0.15, 0.2) is 0 Å². The Labute approximate surface area is 169 Å². The monoisotopic (exact) mass is 419 g/mol. The van der Waals surface area contributed by atoms with E-state index in [1.165, 1.54) is 30.5 Å². The number of hydrogen-bond donors (Lipinski definition) is 1. The van der Waals surface area contributed by atoms with Crippen molar-refractivity contribution in [2.24, 2.45) is 0 Å². The molecule has 5 nitrogen and oxygen atoms in total. The van der Waals surface area contributed by atoms with Crippen LogP contribution < -0.4 is 0 Å². The molecule has 0 radical (unpaired) electrons. The van der Waals surface area contributed by atoms with E-state index >= 15 is 0 Å². The molecule has 156 valence electrons. The van der Waals surface area contributed by atoms with Gasteiger partial charge in [0.1, 0.15) is 12.2 Å². The fourth-order valence-electron chi connectivity index (χ4n) is 3.74. The highest BCUT2D eigenvalue weighted by atomic mass is 19.4. The lowest BCUT2D eigenvalue weighted by Gasteiger charge is -2.47. The van der Waals surface area contributed by atoms with Crippen molar-refractivity contribution in [3.05, 3.63) is 89.2 Å². The van der Waals surface area contributed by atoms with Crippen LogP contribution in [0, 0.1) is 5.95 Å². The number of allylic oxidation sites excluding steroid dienone is 2. The molecule has 1 fully saturated rings. The molecule has 1 saturated heterocycles. The lowest BCUT2D eigenvalue weighted by Crippen LogP contribution is -2.57. The van der Waals surface area contributed by atoms with Gasteiger partial charge in [0.2, 0.25) is 11.7 Å². The molecule has 0 bridgehead atoms. The lowest BCUT2D eigenvalue weighted by atomic mass is 9.92. The van der Waals surface area contributed by atoms with Crippen molar-refractivity contribution in [2.75, 3.05) is 6.54 Å². The van der Waals surface area contributed by atoms with E-state index in [4.69, 9.17) is 0 Å². The minimum absolute atomic E-state index is 0.0367. The summed E-state index contributed by atoms with van der Waals surface area (Å²) < 4.78 is 52.6. The van der Waals surface area contributed by atoms with Gasteiger partial charge in [0, 0.05) is 19.2 Å². The first kappa shape index (κ1) is 20.2. The minimum Gasteiger partial charge on any atom is -0.347 e. The van der Waals surface area contributed by atoms with Crippen LogP contribution in [0.5, 0.6) is 0 Å². The van der Waals surface area contributed by atoms with E-state index in [1.807, 2.05) is 0 Å². The molecule has 0 amide bonds. The molecule has 2 aromatic rings. The van der Waals surface area contributed by atoms with Crippen molar-refractivity contribution in [3.8, 4) is 0 Å². The second-order valence-corrected chi connectivity index (χ2v) is 7.08. The number of nitrogens with zero attached hydrogens (tertiary/aromatic N) is 3. The maximum atomic E-state index is 13.2. The molecule has 2 atom stereocenters. The van der Waals surface area contributed by atoms with Crippen molar-refractivity contribution in [3.63, 3.8) is 0 Å². The number of alkyl halides is 3. The predicted octanol–water partition coefficient (Wildman–Crippen LogP) is 3.88. The Morgan fingerprint density at radius 3 is 2.70 bits per heavy atom. The summed E-state index contributed by atoms with van der Waals surface area (Å²) in [5, 5.41) is 11.7. The summed E-state index contributed by atoms with van der Waals surface area (Å²) in [6.45, 7) is 0.337. The van der Waals surface area contributed by atoms with Crippen LogP contribution >= 0.6 is 0 Å². The Hall–Kier alpha value is -3.04. The Bertz CT molecular complexity index is 1020. The van der Waals surface area contributed by atoms with Crippen LogP contribution in [-0.2, 0) is 17.4 Å². The number of hydroxylamine groups is 2. The number of benzene rings is 1. The zero-order valence-electron chi connectivity index (χ0n) is 15.6. The smallest absolute Gasteiger partial charge is 0.347 e. The maximum absolute atomic E-state index is 13.2. The van der Waals surface area contributed by atoms with Crippen LogP contribution in [0.1, 0.15) is 22.7 Å². The average molecular weight is 419 g/mol. The Morgan fingerprint density at radius 1 is 1.20 bits per heavy atom. The molecule has 1 N–H and O–H groups in total. The number of fused-ring (bicyclic) bond motifs is 1. The molecule has 1 aromatic heterocycles. The first-order chi connectivity index (χ1) is 14.3. The molecule has 0 aliphatic carbocycles. The Balaban J connectivity index is 1.73. The standard InChI is InChI=1S/C21H17F4N3O2/c22-17-8-7-13(12-26-17)10-18-27-9-2-1-6-16(27)20(29)19(28(18)30)14-4-3-5-15(11-14)21(23,24)25/h1-8,11-12,18-19,30H,9-10H2. The molecule has 30 heavy (non-hydrogen) atoms. The summed E-state index contributed by atoms with van der Waals surface area (Å²) in [6.07, 6.45) is 1.23. The van der Waals surface area contributed by atoms with Gasteiger partial charge in [-0.15, -0.1) is 0 Å². The van der Waals surface area contributed by atoms with Crippen molar-refractivity contribution in [1.82, 2.24) is 14.9 Å². The van der Waals surface area contributed by atoms with Crippen LogP contribution in [0.4, 0.5) is 17.6 Å². The van der Waals surface area contributed by atoms with Gasteiger partial charge in [0.05, 0.1) is 11.3 Å². The third-order valence-corrected chi connectivity index (χ3v) is 5.17. The number of ketones is 1. The van der Waals surface area contributed by atoms with Gasteiger partial charge in [-0.1, -0.05) is 30.4 Å². The van der Waals surface area contributed by atoms with E-state index in [-0.39, 0.29) is 12.0 Å². The van der Waals surface area contributed by atoms with Crippen molar-refractivity contribution in [1.29, 1.82) is 0 Å². The van der Waals surface area contributed by atoms with Gasteiger partial charge in [-0.25, -0.2) is 4.98 Å². The first-order valence-electron chi connectivity index (χ1n) is 9.18. The fraction of sp³-hybridized carbons (Fsp3) is 0.238. The SMILES string of the molecule is O=C1C2=CC=CCN2C(Cc2ccc(F)nc2)N(O)C1c1cccc(C(F)(F)F)c1. The number of aromatic nitrogens is 1. The highest BCUT2D eigenvalue weighted by molar-refractivity contribution is 6.00. The fourth-order valence-corrected chi connectivity index (χ4v) is 3.74. The number of rotatable bonds is 3. The summed E-state index contributed by atoms with van der Waals surface area (Å²) in [6, 6.07) is 5.76. The molecule has 3 heterocycles. The minimum atomic E-state index is -4.58. The van der Waals surface area contributed by atoms with E-state index in [9.17, 15) is 27.6 Å². The van der Waals surface area contributed by atoms with E-state index in [1.54, 1.807) is 23.1 Å². The second-order valence-electron chi connectivity index (χ2n) is 7.08. The van der Waals surface area contributed by atoms with Crippen LogP contribution in [-0.4, -0.2) is 38.6 Å². The summed E-state index contributed by atoms with van der Waals surface area (Å²) >= 11 is 0. The van der Waals surface area contributed by atoms with E-state index in [0.29, 0.717) is 17.8 Å². The van der Waals surface area contributed by atoms with Crippen molar-refractivity contribution in [2.45, 2.75) is 24.8 Å². The topological polar surface area (TPSA) is 56.7 Å². The molecular formula is C21H17F4N3O2. The summed E-state index contributed by atoms with van der Waals surface area (Å²) in [7, 11) is 0. The number of halogens is 4. The van der Waals surface area contributed by atoms with Crippen molar-refractivity contribution < 1.29 is 27.6 Å². The Morgan fingerprint density at radius 2 is 2.00 bits per heavy atom. The Kier molecular flexibility index (Phi) is 5.17. The van der Waals surface area contributed by atoms with E-state index < -0.39 is 35.7 Å². The normalized spacial score (nSPS) is 22.1. The largest absolute Gasteiger partial charge is 0.416 e. The predicted molar refractivity (Wildman–Crippen MR) is 98.4 cm³/mol. The third kappa shape index (κ3) is 3.73. The molecular weight excluding hydrogens is 402 g/mol. The summed E-state index contributed by atoms with van der Waals surface area (Å²) in [5.74, 6) is -1.16. The number of carbonyl (C=O) groups excluding carboxylic acids is 1. The van der Waals surface area contributed by atoms with Crippen LogP contribution in [0.15, 0.2) is 66.5 Å². The van der Waals surface area contributed by atoms with Crippen LogP contribution in [0.25, 0.3) is 0 Å². The summed E-state index contributed by atoms with van der Waals surface area (Å²) in [5.41, 5.74) is 0.0341. The van der Waals surface area contributed by atoms with Gasteiger partial charge >= 0.3 is 6.18 Å². The summed E-state index contributed by atoms with van der Waals surface area (Å²) in [4.78, 5) is 18.3. The number of pyridine rings is 1. The number of Topliss-reactive ketones (excluding diaryl/α,β-unsaturated/α-hetero) is 1. The lowest BCUT2D eigenvalue weighted by molar-refractivity contribution is -0.209. The van der Waals surface area contributed by atoms with E-state index in [2.05, 4.69) is 4.98 Å². The molecule has 2 unspecified atom stereocenters. The van der Waals surface area contributed by atoms with Gasteiger partial charge in [-0.05, 0) is 35.4 Å². The van der Waals surface area contributed by atoms with Crippen molar-refractivity contribution >= 4 is 5.78 Å². The van der Waals surface area contributed by atoms with Gasteiger partial charge < -0.3 is 10.1 Å². The number of carbonyl (C=O) groups is 1. The zero-order valence-corrected chi connectivity index (χ0v) is 15.6. The van der Waals surface area contributed by atoms with Crippen LogP contribution in [0.2, 0.25) is 0 Å². The first-order valence-corrected chi connectivity index (χ1v) is 9.18.